The highest BCUT2D eigenvalue weighted by atomic mass is 19.1. The van der Waals surface area contributed by atoms with Crippen molar-refractivity contribution < 1.29 is 14.0 Å². The monoisotopic (exact) mass is 343 g/mol. The van der Waals surface area contributed by atoms with Crippen molar-refractivity contribution in [1.82, 2.24) is 25.9 Å². The lowest BCUT2D eigenvalue weighted by Crippen LogP contribution is -2.38. The zero-order valence-corrected chi connectivity index (χ0v) is 13.5. The molecule has 1 aliphatic rings. The van der Waals surface area contributed by atoms with Gasteiger partial charge in [0, 0.05) is 31.5 Å². The number of amides is 2. The molecule has 1 unspecified atom stereocenters. The minimum absolute atomic E-state index is 0.00833. The standard InChI is InChI=1S/C17H18FN5O2/c18-12-3-1-11(2-4-12)9-22-16(24)14-15(21-8-7-20-14)17(25)23-13-5-6-19-10-13/h1-4,7-8,13,19H,5-6,9-10H2,(H,22,24)(H,23,25). The SMILES string of the molecule is O=C(NCc1ccc(F)cc1)c1nccnc1C(=O)NC1CCNC1. The molecule has 0 bridgehead atoms. The minimum Gasteiger partial charge on any atom is -0.347 e. The Bertz CT molecular complexity index is 760. The van der Waals surface area contributed by atoms with Gasteiger partial charge in [0.05, 0.1) is 0 Å². The molecule has 1 aliphatic heterocycles. The van der Waals surface area contributed by atoms with Crippen LogP contribution in [0, 0.1) is 5.82 Å². The maximum atomic E-state index is 12.9. The number of carbonyl (C=O) groups excluding carboxylic acids is 2. The summed E-state index contributed by atoms with van der Waals surface area (Å²) < 4.78 is 12.9. The summed E-state index contributed by atoms with van der Waals surface area (Å²) in [5, 5.41) is 8.66. The smallest absolute Gasteiger partial charge is 0.272 e. The van der Waals surface area contributed by atoms with Crippen LogP contribution in [0.1, 0.15) is 33.0 Å². The fourth-order valence-corrected chi connectivity index (χ4v) is 2.57. The van der Waals surface area contributed by atoms with Gasteiger partial charge < -0.3 is 16.0 Å². The van der Waals surface area contributed by atoms with Gasteiger partial charge in [-0.25, -0.2) is 14.4 Å². The maximum Gasteiger partial charge on any atom is 0.272 e. The van der Waals surface area contributed by atoms with E-state index in [1.807, 2.05) is 0 Å². The van der Waals surface area contributed by atoms with Gasteiger partial charge in [-0.2, -0.15) is 0 Å². The Morgan fingerprint density at radius 1 is 1.12 bits per heavy atom. The fourth-order valence-electron chi connectivity index (χ4n) is 2.57. The predicted molar refractivity (Wildman–Crippen MR) is 88.3 cm³/mol. The summed E-state index contributed by atoms with van der Waals surface area (Å²) in [6.07, 6.45) is 3.57. The Hall–Kier alpha value is -2.87. The van der Waals surface area contributed by atoms with E-state index in [4.69, 9.17) is 0 Å². The summed E-state index contributed by atoms with van der Waals surface area (Å²) in [7, 11) is 0. The molecule has 0 saturated carbocycles. The van der Waals surface area contributed by atoms with Gasteiger partial charge in [-0.1, -0.05) is 12.1 Å². The second kappa shape index (κ2) is 7.80. The number of aromatic nitrogens is 2. The lowest BCUT2D eigenvalue weighted by Gasteiger charge is -2.12. The molecule has 130 valence electrons. The maximum absolute atomic E-state index is 12.9. The first kappa shape index (κ1) is 17.0. The summed E-state index contributed by atoms with van der Waals surface area (Å²) in [6, 6.07) is 5.81. The molecule has 2 amide bonds. The molecule has 1 aromatic carbocycles. The fraction of sp³-hybridized carbons (Fsp3) is 0.294. The summed E-state index contributed by atoms with van der Waals surface area (Å²) in [5.41, 5.74) is 0.695. The largest absolute Gasteiger partial charge is 0.347 e. The van der Waals surface area contributed by atoms with E-state index < -0.39 is 11.8 Å². The molecular weight excluding hydrogens is 325 g/mol. The van der Waals surface area contributed by atoms with E-state index in [2.05, 4.69) is 25.9 Å². The van der Waals surface area contributed by atoms with Crippen molar-refractivity contribution in [3.8, 4) is 0 Å². The van der Waals surface area contributed by atoms with Crippen molar-refractivity contribution in [2.24, 2.45) is 0 Å². The highest BCUT2D eigenvalue weighted by molar-refractivity contribution is 6.04. The van der Waals surface area contributed by atoms with Gasteiger partial charge in [-0.3, -0.25) is 9.59 Å². The molecule has 7 nitrogen and oxygen atoms in total. The van der Waals surface area contributed by atoms with Crippen LogP contribution in [0.25, 0.3) is 0 Å². The molecule has 25 heavy (non-hydrogen) atoms. The Balaban J connectivity index is 1.67. The topological polar surface area (TPSA) is 96.0 Å². The van der Waals surface area contributed by atoms with Crippen molar-refractivity contribution in [2.75, 3.05) is 13.1 Å². The van der Waals surface area contributed by atoms with Crippen molar-refractivity contribution >= 4 is 11.8 Å². The van der Waals surface area contributed by atoms with Crippen molar-refractivity contribution in [1.29, 1.82) is 0 Å². The molecule has 1 atom stereocenters. The van der Waals surface area contributed by atoms with Crippen LogP contribution in [0.15, 0.2) is 36.7 Å². The second-order valence-electron chi connectivity index (χ2n) is 5.73. The molecule has 1 saturated heterocycles. The molecule has 0 aliphatic carbocycles. The van der Waals surface area contributed by atoms with Crippen molar-refractivity contribution in [3.63, 3.8) is 0 Å². The highest BCUT2D eigenvalue weighted by Gasteiger charge is 2.23. The van der Waals surface area contributed by atoms with Crippen molar-refractivity contribution in [3.05, 3.63) is 59.4 Å². The molecule has 1 fully saturated rings. The van der Waals surface area contributed by atoms with Gasteiger partial charge in [-0.15, -0.1) is 0 Å². The molecule has 8 heteroatoms. The predicted octanol–water partition coefficient (Wildman–Crippen LogP) is 0.637. The first-order valence-electron chi connectivity index (χ1n) is 7.98. The van der Waals surface area contributed by atoms with E-state index in [1.165, 1.54) is 24.5 Å². The number of halogens is 1. The molecule has 3 N–H and O–H groups in total. The molecule has 2 heterocycles. The van der Waals surface area contributed by atoms with E-state index >= 15 is 0 Å². The van der Waals surface area contributed by atoms with Crippen LogP contribution in [0.4, 0.5) is 4.39 Å². The molecule has 1 aromatic heterocycles. The van der Waals surface area contributed by atoms with Crippen LogP contribution in [0.3, 0.4) is 0 Å². The average Bonchev–Trinajstić information content (AvgIpc) is 3.14. The molecule has 3 rings (SSSR count). The van der Waals surface area contributed by atoms with Crippen LogP contribution in [-0.4, -0.2) is 40.9 Å². The molecule has 0 radical (unpaired) electrons. The second-order valence-corrected chi connectivity index (χ2v) is 5.73. The molecule has 0 spiro atoms. The van der Waals surface area contributed by atoms with Gasteiger partial charge in [0.15, 0.2) is 11.4 Å². The van der Waals surface area contributed by atoms with Gasteiger partial charge in [0.2, 0.25) is 0 Å². The number of carbonyl (C=O) groups is 2. The molecular formula is C17H18FN5O2. The number of hydrogen-bond acceptors (Lipinski definition) is 5. The van der Waals surface area contributed by atoms with E-state index in [9.17, 15) is 14.0 Å². The quantitative estimate of drug-likeness (QED) is 0.740. The van der Waals surface area contributed by atoms with Gasteiger partial charge in [0.25, 0.3) is 11.8 Å². The summed E-state index contributed by atoms with van der Waals surface area (Å²) in [5.74, 6) is -1.27. The zero-order valence-electron chi connectivity index (χ0n) is 13.5. The number of nitrogens with one attached hydrogen (secondary N) is 3. The van der Waals surface area contributed by atoms with Crippen LogP contribution in [0.2, 0.25) is 0 Å². The first-order valence-corrected chi connectivity index (χ1v) is 7.98. The lowest BCUT2D eigenvalue weighted by atomic mass is 10.2. The van der Waals surface area contributed by atoms with Crippen molar-refractivity contribution in [2.45, 2.75) is 19.0 Å². The lowest BCUT2D eigenvalue weighted by molar-refractivity contribution is 0.0902. The van der Waals surface area contributed by atoms with E-state index in [1.54, 1.807) is 12.1 Å². The third-order valence-electron chi connectivity index (χ3n) is 3.89. The van der Waals surface area contributed by atoms with Gasteiger partial charge in [-0.05, 0) is 30.7 Å². The van der Waals surface area contributed by atoms with Gasteiger partial charge in [0.1, 0.15) is 5.82 Å². The number of rotatable bonds is 5. The summed E-state index contributed by atoms with van der Waals surface area (Å²) >= 11 is 0. The number of hydrogen-bond donors (Lipinski definition) is 3. The number of nitrogens with zero attached hydrogens (tertiary/aromatic N) is 2. The third-order valence-corrected chi connectivity index (χ3v) is 3.89. The Morgan fingerprint density at radius 3 is 2.44 bits per heavy atom. The van der Waals surface area contributed by atoms with Crippen LogP contribution in [-0.2, 0) is 6.54 Å². The normalized spacial score (nSPS) is 16.4. The van der Waals surface area contributed by atoms with Gasteiger partial charge >= 0.3 is 0 Å². The Kier molecular flexibility index (Phi) is 5.30. The highest BCUT2D eigenvalue weighted by Crippen LogP contribution is 2.06. The third kappa shape index (κ3) is 4.36. The van der Waals surface area contributed by atoms with Crippen LogP contribution >= 0.6 is 0 Å². The average molecular weight is 343 g/mol. The number of benzene rings is 1. The first-order chi connectivity index (χ1) is 12.1. The van der Waals surface area contributed by atoms with E-state index in [0.717, 1.165) is 18.5 Å². The van der Waals surface area contributed by atoms with E-state index in [0.29, 0.717) is 6.54 Å². The summed E-state index contributed by atoms with van der Waals surface area (Å²) in [6.45, 7) is 1.73. The van der Waals surface area contributed by atoms with E-state index in [-0.39, 0.29) is 29.8 Å². The van der Waals surface area contributed by atoms with Crippen LogP contribution in [0.5, 0.6) is 0 Å². The zero-order chi connectivity index (χ0) is 17.6. The Labute approximate surface area is 144 Å². The molecule has 2 aromatic rings. The Morgan fingerprint density at radius 2 is 1.80 bits per heavy atom. The van der Waals surface area contributed by atoms with Crippen LogP contribution < -0.4 is 16.0 Å². The summed E-state index contributed by atoms with van der Waals surface area (Å²) in [4.78, 5) is 32.7. The minimum atomic E-state index is -0.507.